The van der Waals surface area contributed by atoms with Gasteiger partial charge in [-0.05, 0) is 29.8 Å². The molecule has 0 unspecified atom stereocenters. The molecule has 0 spiro atoms. The van der Waals surface area contributed by atoms with Crippen LogP contribution in [0.1, 0.15) is 11.3 Å². The van der Waals surface area contributed by atoms with Crippen LogP contribution < -0.4 is 5.32 Å². The number of nitrogens with one attached hydrogen (secondary N) is 1. The molecule has 0 saturated heterocycles. The second-order valence-electron chi connectivity index (χ2n) is 4.76. The van der Waals surface area contributed by atoms with Crippen molar-refractivity contribution in [1.82, 2.24) is 10.3 Å². The Balaban J connectivity index is 1.89. The number of sulfone groups is 1. The Labute approximate surface area is 137 Å². The van der Waals surface area contributed by atoms with Crippen LogP contribution >= 0.6 is 15.9 Å². The molecule has 0 bridgehead atoms. The molecule has 1 heterocycles. The molecule has 2 rings (SSSR count). The summed E-state index contributed by atoms with van der Waals surface area (Å²) in [5.74, 6) is -1.23. The first kappa shape index (κ1) is 16.6. The summed E-state index contributed by atoms with van der Waals surface area (Å²) < 4.78 is 24.9. The van der Waals surface area contributed by atoms with Crippen molar-refractivity contribution in [2.45, 2.75) is 12.3 Å². The van der Waals surface area contributed by atoms with Crippen molar-refractivity contribution in [1.29, 1.82) is 0 Å². The summed E-state index contributed by atoms with van der Waals surface area (Å²) in [6.45, 7) is 0.214. The lowest BCUT2D eigenvalue weighted by molar-refractivity contribution is -0.118. The Hall–Kier alpha value is -1.73. The van der Waals surface area contributed by atoms with E-state index in [9.17, 15) is 13.2 Å². The second-order valence-corrected chi connectivity index (χ2v) is 7.74. The Bertz CT molecular complexity index is 748. The number of carbonyl (C=O) groups excluding carboxylic acids is 1. The van der Waals surface area contributed by atoms with E-state index in [0.29, 0.717) is 11.3 Å². The highest BCUT2D eigenvalue weighted by molar-refractivity contribution is 9.10. The molecule has 0 atom stereocenters. The molecule has 22 heavy (non-hydrogen) atoms. The third kappa shape index (κ3) is 5.57. The summed E-state index contributed by atoms with van der Waals surface area (Å²) in [6, 6.07) is 12.4. The van der Waals surface area contributed by atoms with Gasteiger partial charge in [-0.25, -0.2) is 8.42 Å². The van der Waals surface area contributed by atoms with Gasteiger partial charge in [-0.2, -0.15) is 0 Å². The summed E-state index contributed by atoms with van der Waals surface area (Å²) in [6.07, 6.45) is 1.62. The number of amides is 1. The fourth-order valence-electron chi connectivity index (χ4n) is 1.87. The highest BCUT2D eigenvalue weighted by atomic mass is 79.9. The molecule has 1 amide bonds. The number of rotatable bonds is 6. The largest absolute Gasteiger partial charge is 0.350 e. The molecule has 116 valence electrons. The first-order chi connectivity index (χ1) is 10.4. The standard InChI is InChI=1S/C15H15BrN2O3S/c16-13-5-3-4-12(8-13)10-22(20,21)11-15(19)18-9-14-6-1-2-7-17-14/h1-8H,9-11H2,(H,18,19). The first-order valence-electron chi connectivity index (χ1n) is 6.56. The SMILES string of the molecule is O=C(CS(=O)(=O)Cc1cccc(Br)c1)NCc1ccccn1. The van der Waals surface area contributed by atoms with Gasteiger partial charge in [0.25, 0.3) is 0 Å². The molecular weight excluding hydrogens is 368 g/mol. The van der Waals surface area contributed by atoms with Gasteiger partial charge >= 0.3 is 0 Å². The summed E-state index contributed by atoms with van der Waals surface area (Å²) in [7, 11) is -3.51. The monoisotopic (exact) mass is 382 g/mol. The summed E-state index contributed by atoms with van der Waals surface area (Å²) in [5.41, 5.74) is 1.33. The molecule has 0 fully saturated rings. The Morgan fingerprint density at radius 3 is 2.68 bits per heavy atom. The molecule has 5 nitrogen and oxygen atoms in total. The van der Waals surface area contributed by atoms with Crippen LogP contribution in [0.5, 0.6) is 0 Å². The van der Waals surface area contributed by atoms with Crippen molar-refractivity contribution in [3.8, 4) is 0 Å². The van der Waals surface area contributed by atoms with Gasteiger partial charge in [0.2, 0.25) is 5.91 Å². The van der Waals surface area contributed by atoms with Crippen LogP contribution in [0.25, 0.3) is 0 Å². The van der Waals surface area contributed by atoms with Crippen molar-refractivity contribution in [3.05, 3.63) is 64.4 Å². The minimum Gasteiger partial charge on any atom is -0.350 e. The van der Waals surface area contributed by atoms with Gasteiger partial charge < -0.3 is 5.32 Å². The molecule has 0 aliphatic carbocycles. The van der Waals surface area contributed by atoms with E-state index >= 15 is 0 Å². The molecule has 0 saturated carbocycles. The van der Waals surface area contributed by atoms with Crippen molar-refractivity contribution in [2.24, 2.45) is 0 Å². The maximum atomic E-state index is 12.0. The van der Waals surface area contributed by atoms with Gasteiger partial charge in [0.05, 0.1) is 18.0 Å². The number of nitrogens with zero attached hydrogens (tertiary/aromatic N) is 1. The number of pyridine rings is 1. The minimum absolute atomic E-state index is 0.163. The quantitative estimate of drug-likeness (QED) is 0.829. The van der Waals surface area contributed by atoms with Crippen LogP contribution in [0.3, 0.4) is 0 Å². The Kier molecular flexibility index (Phi) is 5.68. The smallest absolute Gasteiger partial charge is 0.235 e. The molecule has 0 aliphatic rings. The van der Waals surface area contributed by atoms with E-state index in [4.69, 9.17) is 0 Å². The summed E-state index contributed by atoms with van der Waals surface area (Å²) in [5, 5.41) is 2.56. The average Bonchev–Trinajstić information content (AvgIpc) is 2.45. The Morgan fingerprint density at radius 2 is 2.00 bits per heavy atom. The lowest BCUT2D eigenvalue weighted by Gasteiger charge is -2.06. The number of benzene rings is 1. The fourth-order valence-corrected chi connectivity index (χ4v) is 3.61. The highest BCUT2D eigenvalue weighted by Crippen LogP contribution is 2.14. The normalized spacial score (nSPS) is 11.1. The van der Waals surface area contributed by atoms with Crippen LogP contribution in [-0.2, 0) is 26.9 Å². The second kappa shape index (κ2) is 7.51. The maximum absolute atomic E-state index is 12.0. The third-order valence-corrected chi connectivity index (χ3v) is 4.79. The zero-order valence-corrected chi connectivity index (χ0v) is 14.1. The number of hydrogen-bond donors (Lipinski definition) is 1. The lowest BCUT2D eigenvalue weighted by Crippen LogP contribution is -2.30. The number of carbonyl (C=O) groups is 1. The molecular formula is C15H15BrN2O3S. The van der Waals surface area contributed by atoms with Crippen LogP contribution in [0.2, 0.25) is 0 Å². The first-order valence-corrected chi connectivity index (χ1v) is 9.17. The van der Waals surface area contributed by atoms with Crippen LogP contribution in [0.15, 0.2) is 53.1 Å². The number of hydrogen-bond acceptors (Lipinski definition) is 4. The van der Waals surface area contributed by atoms with E-state index in [0.717, 1.165) is 4.47 Å². The van der Waals surface area contributed by atoms with E-state index in [1.54, 1.807) is 42.6 Å². The predicted molar refractivity (Wildman–Crippen MR) is 87.7 cm³/mol. The molecule has 7 heteroatoms. The van der Waals surface area contributed by atoms with E-state index < -0.39 is 21.5 Å². The van der Waals surface area contributed by atoms with Crippen LogP contribution in [0, 0.1) is 0 Å². The zero-order chi connectivity index (χ0) is 16.0. The van der Waals surface area contributed by atoms with E-state index in [1.807, 2.05) is 6.07 Å². The van der Waals surface area contributed by atoms with Gasteiger partial charge in [0, 0.05) is 10.7 Å². The molecule has 0 aliphatic heterocycles. The zero-order valence-electron chi connectivity index (χ0n) is 11.7. The van der Waals surface area contributed by atoms with Gasteiger partial charge in [-0.15, -0.1) is 0 Å². The van der Waals surface area contributed by atoms with Gasteiger partial charge in [0.1, 0.15) is 5.75 Å². The summed E-state index contributed by atoms with van der Waals surface area (Å²) in [4.78, 5) is 15.8. The van der Waals surface area contributed by atoms with Crippen molar-refractivity contribution < 1.29 is 13.2 Å². The third-order valence-electron chi connectivity index (χ3n) is 2.82. The average molecular weight is 383 g/mol. The van der Waals surface area contributed by atoms with Crippen molar-refractivity contribution >= 4 is 31.7 Å². The van der Waals surface area contributed by atoms with Gasteiger partial charge in [-0.3, -0.25) is 9.78 Å². The van der Waals surface area contributed by atoms with E-state index in [-0.39, 0.29) is 12.3 Å². The predicted octanol–water partition coefficient (Wildman–Crippen LogP) is 2.08. The van der Waals surface area contributed by atoms with Crippen LogP contribution in [0.4, 0.5) is 0 Å². The van der Waals surface area contributed by atoms with Crippen molar-refractivity contribution in [2.75, 3.05) is 5.75 Å². The Morgan fingerprint density at radius 1 is 1.18 bits per heavy atom. The van der Waals surface area contributed by atoms with Gasteiger partial charge in [-0.1, -0.05) is 34.1 Å². The van der Waals surface area contributed by atoms with Gasteiger partial charge in [0.15, 0.2) is 9.84 Å². The fraction of sp³-hybridized carbons (Fsp3) is 0.200. The number of aromatic nitrogens is 1. The number of halogens is 1. The van der Waals surface area contributed by atoms with E-state index in [1.165, 1.54) is 0 Å². The van der Waals surface area contributed by atoms with E-state index in [2.05, 4.69) is 26.2 Å². The van der Waals surface area contributed by atoms with Crippen LogP contribution in [-0.4, -0.2) is 25.1 Å². The molecule has 0 radical (unpaired) electrons. The topological polar surface area (TPSA) is 76.1 Å². The van der Waals surface area contributed by atoms with Crippen molar-refractivity contribution in [3.63, 3.8) is 0 Å². The summed E-state index contributed by atoms with van der Waals surface area (Å²) >= 11 is 3.29. The highest BCUT2D eigenvalue weighted by Gasteiger charge is 2.17. The molecule has 1 aromatic carbocycles. The minimum atomic E-state index is -3.51. The molecule has 1 N–H and O–H groups in total. The lowest BCUT2D eigenvalue weighted by atomic mass is 10.2. The maximum Gasteiger partial charge on any atom is 0.235 e. The molecule has 1 aromatic heterocycles. The molecule has 2 aromatic rings.